The van der Waals surface area contributed by atoms with Crippen molar-refractivity contribution in [2.24, 2.45) is 0 Å². The van der Waals surface area contributed by atoms with Crippen molar-refractivity contribution in [1.29, 1.82) is 0 Å². The maximum atomic E-state index is 5.92. The number of pyridine rings is 1. The van der Waals surface area contributed by atoms with Crippen LogP contribution in [0.4, 0.5) is 0 Å². The van der Waals surface area contributed by atoms with Crippen LogP contribution in [0.5, 0.6) is 0 Å². The Morgan fingerprint density at radius 2 is 2.50 bits per heavy atom. The molecule has 0 radical (unpaired) electrons. The summed E-state index contributed by atoms with van der Waals surface area (Å²) in [6, 6.07) is 3.70. The van der Waals surface area contributed by atoms with Gasteiger partial charge in [-0.2, -0.15) is 0 Å². The van der Waals surface area contributed by atoms with Crippen LogP contribution in [-0.2, 0) is 4.74 Å². The topological polar surface area (TPSA) is 38.6 Å². The fraction of sp³-hybridized carbons (Fsp3) is 0.364. The third-order valence-corrected chi connectivity index (χ3v) is 2.93. The van der Waals surface area contributed by atoms with Crippen LogP contribution in [0.15, 0.2) is 24.5 Å². The molecule has 5 heteroatoms. The first-order chi connectivity index (χ1) is 7.83. The molecule has 1 saturated heterocycles. The summed E-state index contributed by atoms with van der Waals surface area (Å²) >= 11 is 5.92. The summed E-state index contributed by atoms with van der Waals surface area (Å²) in [4.78, 5) is 4.51. The average Bonchev–Trinajstić information content (AvgIpc) is 2.73. The third-order valence-electron chi connectivity index (χ3n) is 2.70. The van der Waals surface area contributed by atoms with E-state index in [4.69, 9.17) is 16.3 Å². The lowest BCUT2D eigenvalue weighted by Crippen LogP contribution is -2.33. The van der Waals surface area contributed by atoms with Gasteiger partial charge in [0.05, 0.1) is 12.3 Å². The zero-order valence-electron chi connectivity index (χ0n) is 8.69. The number of nitrogens with one attached hydrogen (secondary N) is 1. The number of hydrogen-bond acceptors (Lipinski definition) is 3. The predicted molar refractivity (Wildman–Crippen MR) is 61.8 cm³/mol. The van der Waals surface area contributed by atoms with Crippen molar-refractivity contribution in [3.8, 4) is 0 Å². The minimum Gasteiger partial charge on any atom is -0.369 e. The molecule has 1 aliphatic rings. The normalized spacial score (nSPS) is 21.4. The van der Waals surface area contributed by atoms with Gasteiger partial charge in [0.1, 0.15) is 11.8 Å². The molecular formula is C11H12ClN3O. The van der Waals surface area contributed by atoms with Crippen LogP contribution < -0.4 is 5.32 Å². The Bertz CT molecular complexity index is 505. The van der Waals surface area contributed by atoms with Crippen LogP contribution in [0.3, 0.4) is 0 Å². The zero-order valence-corrected chi connectivity index (χ0v) is 9.44. The number of imidazole rings is 1. The largest absolute Gasteiger partial charge is 0.369 e. The third kappa shape index (κ3) is 1.80. The van der Waals surface area contributed by atoms with Gasteiger partial charge in [-0.25, -0.2) is 4.98 Å². The number of halogens is 1. The molecule has 3 rings (SSSR count). The Morgan fingerprint density at radius 1 is 1.56 bits per heavy atom. The lowest BCUT2D eigenvalue weighted by atomic mass is 10.2. The van der Waals surface area contributed by atoms with E-state index in [9.17, 15) is 0 Å². The first-order valence-electron chi connectivity index (χ1n) is 5.29. The molecule has 0 saturated carbocycles. The highest BCUT2D eigenvalue weighted by Crippen LogP contribution is 2.20. The molecule has 1 N–H and O–H groups in total. The van der Waals surface area contributed by atoms with E-state index in [0.717, 1.165) is 31.0 Å². The van der Waals surface area contributed by atoms with E-state index in [1.807, 2.05) is 28.9 Å². The fourth-order valence-corrected chi connectivity index (χ4v) is 2.04. The maximum absolute atomic E-state index is 5.92. The molecular weight excluding hydrogens is 226 g/mol. The SMILES string of the molecule is Clc1ccn2cc(C3CNCCO3)nc2c1. The molecule has 1 unspecified atom stereocenters. The van der Waals surface area contributed by atoms with Gasteiger partial charge in [0.15, 0.2) is 0 Å². The van der Waals surface area contributed by atoms with Crippen molar-refractivity contribution in [2.45, 2.75) is 6.10 Å². The maximum Gasteiger partial charge on any atom is 0.138 e. The summed E-state index contributed by atoms with van der Waals surface area (Å²) in [5.74, 6) is 0. The number of morpholine rings is 1. The first-order valence-corrected chi connectivity index (χ1v) is 5.67. The second-order valence-electron chi connectivity index (χ2n) is 3.84. The second-order valence-corrected chi connectivity index (χ2v) is 4.28. The van der Waals surface area contributed by atoms with Gasteiger partial charge < -0.3 is 14.5 Å². The smallest absolute Gasteiger partial charge is 0.138 e. The van der Waals surface area contributed by atoms with E-state index in [1.165, 1.54) is 0 Å². The van der Waals surface area contributed by atoms with Crippen LogP contribution in [0.25, 0.3) is 5.65 Å². The highest BCUT2D eigenvalue weighted by atomic mass is 35.5. The van der Waals surface area contributed by atoms with E-state index in [1.54, 1.807) is 0 Å². The van der Waals surface area contributed by atoms with Crippen LogP contribution in [0.1, 0.15) is 11.8 Å². The van der Waals surface area contributed by atoms with E-state index < -0.39 is 0 Å². The van der Waals surface area contributed by atoms with E-state index in [2.05, 4.69) is 10.3 Å². The van der Waals surface area contributed by atoms with Gasteiger partial charge in [0.2, 0.25) is 0 Å². The number of rotatable bonds is 1. The first kappa shape index (κ1) is 10.1. The van der Waals surface area contributed by atoms with E-state index in [-0.39, 0.29) is 6.10 Å². The van der Waals surface area contributed by atoms with Crippen LogP contribution in [0, 0.1) is 0 Å². The number of aromatic nitrogens is 2. The molecule has 1 fully saturated rings. The lowest BCUT2D eigenvalue weighted by molar-refractivity contribution is 0.0253. The molecule has 0 bridgehead atoms. The van der Waals surface area contributed by atoms with Gasteiger partial charge in [0.25, 0.3) is 0 Å². The Hall–Kier alpha value is -1.10. The molecule has 2 aromatic rings. The highest BCUT2D eigenvalue weighted by molar-refractivity contribution is 6.30. The number of fused-ring (bicyclic) bond motifs is 1. The van der Waals surface area contributed by atoms with Crippen LogP contribution in [-0.4, -0.2) is 29.1 Å². The van der Waals surface area contributed by atoms with E-state index in [0.29, 0.717) is 5.02 Å². The molecule has 2 aromatic heterocycles. The quantitative estimate of drug-likeness (QED) is 0.820. The van der Waals surface area contributed by atoms with E-state index >= 15 is 0 Å². The Labute approximate surface area is 98.2 Å². The van der Waals surface area contributed by atoms with Crippen molar-refractivity contribution in [1.82, 2.24) is 14.7 Å². The van der Waals surface area contributed by atoms with Crippen molar-refractivity contribution < 1.29 is 4.74 Å². The Morgan fingerprint density at radius 3 is 3.31 bits per heavy atom. The summed E-state index contributed by atoms with van der Waals surface area (Å²) in [6.45, 7) is 2.46. The highest BCUT2D eigenvalue weighted by Gasteiger charge is 2.18. The van der Waals surface area contributed by atoms with Gasteiger partial charge in [-0.05, 0) is 12.1 Å². The monoisotopic (exact) mass is 237 g/mol. The standard InChI is InChI=1S/C11H12ClN3O/c12-8-1-3-15-7-9(14-11(15)5-8)10-6-13-2-4-16-10/h1,3,5,7,10,13H,2,4,6H2. The minimum atomic E-state index is 0.0485. The van der Waals surface area contributed by atoms with Crippen LogP contribution >= 0.6 is 11.6 Å². The summed E-state index contributed by atoms with van der Waals surface area (Å²) < 4.78 is 7.61. The Kier molecular flexibility index (Phi) is 2.55. The lowest BCUT2D eigenvalue weighted by Gasteiger charge is -2.21. The molecule has 0 amide bonds. The molecule has 16 heavy (non-hydrogen) atoms. The Balaban J connectivity index is 1.97. The predicted octanol–water partition coefficient (Wildman–Crippen LogP) is 1.65. The molecule has 84 valence electrons. The minimum absolute atomic E-state index is 0.0485. The summed E-state index contributed by atoms with van der Waals surface area (Å²) in [6.07, 6.45) is 3.95. The number of ether oxygens (including phenoxy) is 1. The summed E-state index contributed by atoms with van der Waals surface area (Å²) in [5.41, 5.74) is 1.81. The average molecular weight is 238 g/mol. The summed E-state index contributed by atoms with van der Waals surface area (Å²) in [7, 11) is 0. The molecule has 0 aromatic carbocycles. The van der Waals surface area contributed by atoms with Gasteiger partial charge >= 0.3 is 0 Å². The van der Waals surface area contributed by atoms with Crippen molar-refractivity contribution in [3.05, 3.63) is 35.2 Å². The van der Waals surface area contributed by atoms with Crippen molar-refractivity contribution >= 4 is 17.2 Å². The number of hydrogen-bond donors (Lipinski definition) is 1. The van der Waals surface area contributed by atoms with Crippen LogP contribution in [0.2, 0.25) is 5.02 Å². The van der Waals surface area contributed by atoms with Crippen molar-refractivity contribution in [3.63, 3.8) is 0 Å². The van der Waals surface area contributed by atoms with Crippen molar-refractivity contribution in [2.75, 3.05) is 19.7 Å². The molecule has 1 atom stereocenters. The second kappa shape index (κ2) is 4.05. The molecule has 3 heterocycles. The molecule has 1 aliphatic heterocycles. The fourth-order valence-electron chi connectivity index (χ4n) is 1.89. The molecule has 0 aliphatic carbocycles. The molecule has 4 nitrogen and oxygen atoms in total. The zero-order chi connectivity index (χ0) is 11.0. The van der Waals surface area contributed by atoms with Gasteiger partial charge in [-0.3, -0.25) is 0 Å². The molecule has 0 spiro atoms. The van der Waals surface area contributed by atoms with Gasteiger partial charge in [-0.15, -0.1) is 0 Å². The van der Waals surface area contributed by atoms with Gasteiger partial charge in [0, 0.05) is 30.5 Å². The van der Waals surface area contributed by atoms with Gasteiger partial charge in [-0.1, -0.05) is 11.6 Å². The summed E-state index contributed by atoms with van der Waals surface area (Å²) in [5, 5.41) is 3.99. The number of nitrogens with zero attached hydrogens (tertiary/aromatic N) is 2.